The lowest BCUT2D eigenvalue weighted by Gasteiger charge is -2.66. The second-order valence-electron chi connectivity index (χ2n) is 14.0. The SMILES string of the molecule is O=C(OC12CC3(OC(=O)c4cc(I)cc(I)c4I)CC(OC(=O)c4cc(I)cc(I)c4I)(C1)CC(C(=O)OCC(F)(F)S(=O)(=O)O)(C2)C3)c1cc(I)cc(I)c1I. The molecule has 0 radical (unpaired) electrons. The molecule has 4 saturated carbocycles. The third-order valence-corrected chi connectivity index (χ3v) is 21.5. The first-order chi connectivity index (χ1) is 26.2. The van der Waals surface area contributed by atoms with Crippen LogP contribution in [-0.4, -0.2) is 65.5 Å². The van der Waals surface area contributed by atoms with E-state index in [0.717, 1.165) is 21.4 Å². The number of ether oxygens (including phenoxy) is 4. The van der Waals surface area contributed by atoms with Crippen molar-refractivity contribution in [3.05, 3.63) is 85.2 Å². The number of carbonyl (C=O) groups is 4. The number of halogens is 11. The van der Waals surface area contributed by atoms with Crippen LogP contribution in [0.25, 0.3) is 0 Å². The van der Waals surface area contributed by atoms with Gasteiger partial charge in [-0.05, 0) is 240 Å². The van der Waals surface area contributed by atoms with Crippen molar-refractivity contribution in [3.8, 4) is 0 Å². The Morgan fingerprint density at radius 1 is 0.579 bits per heavy atom. The summed E-state index contributed by atoms with van der Waals surface area (Å²) in [6, 6.07) is 10.5. The van der Waals surface area contributed by atoms with E-state index in [-0.39, 0.29) is 55.2 Å². The fourth-order valence-electron chi connectivity index (χ4n) is 8.15. The molecule has 0 amide bonds. The molecule has 0 unspecified atom stereocenters. The Morgan fingerprint density at radius 2 is 0.877 bits per heavy atom. The van der Waals surface area contributed by atoms with Gasteiger partial charge in [-0.15, -0.1) is 0 Å². The fraction of sp³-hybridized carbons (Fsp3) is 0.353. The van der Waals surface area contributed by atoms with Crippen molar-refractivity contribution in [1.29, 1.82) is 0 Å². The normalized spacial score (nSPS) is 25.2. The van der Waals surface area contributed by atoms with Gasteiger partial charge in [-0.3, -0.25) is 9.35 Å². The number of carbonyl (C=O) groups excluding carboxylic acids is 4. The summed E-state index contributed by atoms with van der Waals surface area (Å²) in [6.45, 7) is -2.03. The van der Waals surface area contributed by atoms with Crippen molar-refractivity contribution in [2.45, 2.75) is 60.6 Å². The molecule has 4 bridgehead atoms. The highest BCUT2D eigenvalue weighted by Crippen LogP contribution is 2.68. The van der Waals surface area contributed by atoms with Gasteiger partial charge in [-0.25, -0.2) is 14.4 Å². The molecule has 0 aromatic heterocycles. The van der Waals surface area contributed by atoms with Crippen molar-refractivity contribution in [2.24, 2.45) is 5.41 Å². The maximum Gasteiger partial charge on any atom is 0.402 e. The zero-order valence-electron chi connectivity index (χ0n) is 28.0. The highest BCUT2D eigenvalue weighted by Gasteiger charge is 2.75. The first-order valence-electron chi connectivity index (χ1n) is 15.9. The van der Waals surface area contributed by atoms with Gasteiger partial charge in [0, 0.05) is 70.7 Å². The summed E-state index contributed by atoms with van der Waals surface area (Å²) >= 11 is 18.5. The van der Waals surface area contributed by atoms with Crippen molar-refractivity contribution in [1.82, 2.24) is 0 Å². The molecule has 0 heterocycles. The van der Waals surface area contributed by atoms with Crippen LogP contribution < -0.4 is 0 Å². The minimum atomic E-state index is -5.99. The predicted octanol–water partition coefficient (Wildman–Crippen LogP) is 10.6. The van der Waals surface area contributed by atoms with Gasteiger partial charge in [-0.1, -0.05) is 0 Å². The van der Waals surface area contributed by atoms with Crippen molar-refractivity contribution < 1.29 is 59.9 Å². The molecule has 0 atom stereocenters. The van der Waals surface area contributed by atoms with Crippen LogP contribution in [0.1, 0.15) is 69.6 Å². The second-order valence-corrected chi connectivity index (χ2v) is 26.0. The number of benzene rings is 3. The summed E-state index contributed by atoms with van der Waals surface area (Å²) in [5.74, 6) is -3.69. The Kier molecular flexibility index (Phi) is 15.0. The fourth-order valence-corrected chi connectivity index (χ4v) is 15.5. The van der Waals surface area contributed by atoms with Crippen molar-refractivity contribution in [2.75, 3.05) is 6.61 Å². The largest absolute Gasteiger partial charge is 0.458 e. The van der Waals surface area contributed by atoms with Gasteiger partial charge in [0.05, 0.1) is 22.1 Å². The molecule has 4 aliphatic carbocycles. The topological polar surface area (TPSA) is 160 Å². The third-order valence-electron chi connectivity index (χ3n) is 9.66. The van der Waals surface area contributed by atoms with Crippen molar-refractivity contribution in [3.63, 3.8) is 0 Å². The molecule has 3 aromatic rings. The molecule has 23 heteroatoms. The monoisotopic (exact) mass is 1820 g/mol. The third kappa shape index (κ3) is 10.1. The summed E-state index contributed by atoms with van der Waals surface area (Å²) in [5, 5.41) is -4.86. The molecule has 0 spiro atoms. The summed E-state index contributed by atoms with van der Waals surface area (Å²) in [4.78, 5) is 57.1. The van der Waals surface area contributed by atoms with E-state index in [0.29, 0.717) is 10.7 Å². The van der Waals surface area contributed by atoms with E-state index in [4.69, 9.17) is 18.9 Å². The number of hydrogen-bond acceptors (Lipinski definition) is 10. The van der Waals surface area contributed by atoms with E-state index in [9.17, 15) is 40.9 Å². The quantitative estimate of drug-likeness (QED) is 0.0677. The summed E-state index contributed by atoms with van der Waals surface area (Å²) in [7, 11) is -5.99. The van der Waals surface area contributed by atoms with Crippen LogP contribution >= 0.6 is 203 Å². The van der Waals surface area contributed by atoms with Gasteiger partial charge in [0.25, 0.3) is 0 Å². The highest BCUT2D eigenvalue weighted by molar-refractivity contribution is 14.1. The van der Waals surface area contributed by atoms with Crippen LogP contribution in [-0.2, 0) is 33.9 Å². The molecule has 4 fully saturated rings. The first-order valence-corrected chi connectivity index (χ1v) is 27.0. The lowest BCUT2D eigenvalue weighted by molar-refractivity contribution is -0.278. The van der Waals surface area contributed by atoms with Crippen LogP contribution in [0.2, 0.25) is 0 Å². The van der Waals surface area contributed by atoms with Gasteiger partial charge < -0.3 is 18.9 Å². The maximum absolute atomic E-state index is 14.5. The number of hydrogen-bond donors (Lipinski definition) is 1. The summed E-state index contributed by atoms with van der Waals surface area (Å²) in [6.07, 6.45) is -1.43. The standard InChI is InChI=1S/C34H21F2I9O11S/c35-34(36,57(50,51)52)13-53-29(49)30-7-31(54-26(46)17-1-14(37)4-20(40)23(17)43)10-32(8-30,55-27(47)18-2-15(38)5-21(41)24(18)44)12-33(9-30,11-31)56-28(48)19-3-16(39)6-22(42)25(19)45/h1-6H,7-13H2,(H,50,51,52). The van der Waals surface area contributed by atoms with Crippen LogP contribution in [0.5, 0.6) is 0 Å². The molecule has 7 rings (SSSR count). The molecule has 11 nitrogen and oxygen atoms in total. The molecule has 0 aliphatic heterocycles. The van der Waals surface area contributed by atoms with E-state index >= 15 is 0 Å². The zero-order valence-corrected chi connectivity index (χ0v) is 48.2. The Hall–Kier alpha value is 1.88. The predicted molar refractivity (Wildman–Crippen MR) is 276 cm³/mol. The Bertz CT molecular complexity index is 2160. The van der Waals surface area contributed by atoms with Crippen LogP contribution in [0.3, 0.4) is 0 Å². The Balaban J connectivity index is 1.51. The lowest BCUT2D eigenvalue weighted by Crippen LogP contribution is -2.73. The number of rotatable bonds is 10. The molecule has 57 heavy (non-hydrogen) atoms. The van der Waals surface area contributed by atoms with E-state index in [1.807, 2.05) is 86.0 Å². The van der Waals surface area contributed by atoms with Crippen molar-refractivity contribution >= 4 is 237 Å². The molecule has 4 aliphatic rings. The van der Waals surface area contributed by atoms with Gasteiger partial charge in [0.15, 0.2) is 6.61 Å². The minimum Gasteiger partial charge on any atom is -0.458 e. The highest BCUT2D eigenvalue weighted by atomic mass is 127. The smallest absolute Gasteiger partial charge is 0.402 e. The molecular formula is C34H21F2I9O11S. The molecule has 1 N–H and O–H groups in total. The Labute approximate surface area is 447 Å². The second kappa shape index (κ2) is 17.7. The van der Waals surface area contributed by atoms with E-state index in [1.54, 1.807) is 18.2 Å². The van der Waals surface area contributed by atoms with Crippen LogP contribution in [0, 0.1) is 37.5 Å². The van der Waals surface area contributed by atoms with Gasteiger partial charge >= 0.3 is 39.2 Å². The molecule has 0 saturated heterocycles. The van der Waals surface area contributed by atoms with E-state index < -0.39 is 68.1 Å². The van der Waals surface area contributed by atoms with Gasteiger partial charge in [0.1, 0.15) is 16.8 Å². The molecule has 3 aromatic carbocycles. The van der Waals surface area contributed by atoms with Gasteiger partial charge in [-0.2, -0.15) is 17.2 Å². The first kappa shape index (κ1) is 48.3. The number of alkyl halides is 2. The van der Waals surface area contributed by atoms with E-state index in [2.05, 4.69) is 136 Å². The molecule has 306 valence electrons. The van der Waals surface area contributed by atoms with Crippen LogP contribution in [0.4, 0.5) is 8.78 Å². The minimum absolute atomic E-state index is 0.152. The number of esters is 4. The lowest BCUT2D eigenvalue weighted by atomic mass is 9.44. The molecular weight excluding hydrogens is 1800 g/mol. The van der Waals surface area contributed by atoms with Crippen LogP contribution in [0.15, 0.2) is 36.4 Å². The summed E-state index contributed by atoms with van der Waals surface area (Å²) in [5.41, 5.74) is -6.41. The average molecular weight is 1820 g/mol. The zero-order chi connectivity index (χ0) is 42.3. The van der Waals surface area contributed by atoms with Gasteiger partial charge in [0.2, 0.25) is 0 Å². The Morgan fingerprint density at radius 3 is 1.16 bits per heavy atom. The maximum atomic E-state index is 14.5. The average Bonchev–Trinajstić information content (AvgIpc) is 3.06. The van der Waals surface area contributed by atoms with E-state index in [1.165, 1.54) is 0 Å². The summed E-state index contributed by atoms with van der Waals surface area (Å²) < 4.78 is 91.8.